The molecule has 1 saturated heterocycles. The molecule has 146 valence electrons. The van der Waals surface area contributed by atoms with Gasteiger partial charge in [0.1, 0.15) is 5.82 Å². The second-order valence-corrected chi connectivity index (χ2v) is 7.90. The average Bonchev–Trinajstić information content (AvgIpc) is 3.05. The first-order valence-electron chi connectivity index (χ1n) is 10.4. The highest BCUT2D eigenvalue weighted by atomic mass is 16.2. The van der Waals surface area contributed by atoms with Crippen LogP contribution in [0.2, 0.25) is 0 Å². The first-order chi connectivity index (χ1) is 13.7. The molecule has 28 heavy (non-hydrogen) atoms. The van der Waals surface area contributed by atoms with Crippen molar-refractivity contribution in [2.24, 2.45) is 5.92 Å². The molecule has 4 heteroatoms. The van der Waals surface area contributed by atoms with E-state index in [0.29, 0.717) is 5.92 Å². The Hall–Kier alpha value is -2.62. The van der Waals surface area contributed by atoms with Crippen LogP contribution in [-0.4, -0.2) is 33.4 Å². The number of aryl methyl sites for hydroxylation is 1. The van der Waals surface area contributed by atoms with Crippen LogP contribution in [0, 0.1) is 12.8 Å². The fourth-order valence-corrected chi connectivity index (χ4v) is 4.48. The van der Waals surface area contributed by atoms with E-state index in [1.807, 2.05) is 24.3 Å². The summed E-state index contributed by atoms with van der Waals surface area (Å²) in [6.45, 7) is 6.90. The molecule has 3 aromatic rings. The fourth-order valence-electron chi connectivity index (χ4n) is 4.48. The maximum atomic E-state index is 13.1. The summed E-state index contributed by atoms with van der Waals surface area (Å²) in [5, 5.41) is 0. The number of likely N-dealkylation sites (tertiary alicyclic amines) is 1. The van der Waals surface area contributed by atoms with Crippen molar-refractivity contribution in [3.8, 4) is 0 Å². The Labute approximate surface area is 167 Å². The topological polar surface area (TPSA) is 38.1 Å². The highest BCUT2D eigenvalue weighted by molar-refractivity contribution is 5.83. The third-order valence-electron chi connectivity index (χ3n) is 6.12. The van der Waals surface area contributed by atoms with Crippen molar-refractivity contribution in [3.05, 3.63) is 66.0 Å². The molecule has 1 fully saturated rings. The standard InChI is InChI=1S/C24H29N3O/c1-3-21(20-9-5-4-6-10-20)24(28)26-15-13-19(14-16-26)17-27-18(2)25-22-11-7-8-12-23(22)27/h4-12,19,21H,3,13-17H2,1-2H3. The Balaban J connectivity index is 1.40. The SMILES string of the molecule is CCC(C(=O)N1CCC(Cn2c(C)nc3ccccc32)CC1)c1ccccc1. The van der Waals surface area contributed by atoms with Crippen molar-refractivity contribution in [2.75, 3.05) is 13.1 Å². The maximum absolute atomic E-state index is 13.1. The van der Waals surface area contributed by atoms with Crippen molar-refractivity contribution in [2.45, 2.75) is 45.6 Å². The van der Waals surface area contributed by atoms with Gasteiger partial charge in [-0.1, -0.05) is 49.4 Å². The molecule has 1 aromatic heterocycles. The van der Waals surface area contributed by atoms with Crippen LogP contribution >= 0.6 is 0 Å². The van der Waals surface area contributed by atoms with Crippen molar-refractivity contribution >= 4 is 16.9 Å². The summed E-state index contributed by atoms with van der Waals surface area (Å²) < 4.78 is 2.34. The van der Waals surface area contributed by atoms with Gasteiger partial charge < -0.3 is 9.47 Å². The maximum Gasteiger partial charge on any atom is 0.230 e. The molecular weight excluding hydrogens is 346 g/mol. The second kappa shape index (κ2) is 8.17. The zero-order valence-corrected chi connectivity index (χ0v) is 16.8. The molecule has 0 spiro atoms. The fraction of sp³-hybridized carbons (Fsp3) is 0.417. The van der Waals surface area contributed by atoms with Gasteiger partial charge in [0.15, 0.2) is 0 Å². The van der Waals surface area contributed by atoms with Crippen LogP contribution in [0.4, 0.5) is 0 Å². The molecule has 2 aromatic carbocycles. The number of fused-ring (bicyclic) bond motifs is 1. The van der Waals surface area contributed by atoms with Gasteiger partial charge in [0.25, 0.3) is 0 Å². The molecule has 0 saturated carbocycles. The number of hydrogen-bond acceptors (Lipinski definition) is 2. The van der Waals surface area contributed by atoms with E-state index in [-0.39, 0.29) is 11.8 Å². The van der Waals surface area contributed by atoms with Gasteiger partial charge in [0.2, 0.25) is 5.91 Å². The lowest BCUT2D eigenvalue weighted by Crippen LogP contribution is -2.41. The highest BCUT2D eigenvalue weighted by Gasteiger charge is 2.28. The number of benzene rings is 2. The Kier molecular flexibility index (Phi) is 5.47. The molecule has 2 heterocycles. The van der Waals surface area contributed by atoms with Crippen LogP contribution in [0.5, 0.6) is 0 Å². The molecule has 1 amide bonds. The summed E-state index contributed by atoms with van der Waals surface area (Å²) in [5.41, 5.74) is 3.42. The molecule has 1 aliphatic rings. The molecular formula is C24H29N3O. The van der Waals surface area contributed by atoms with Gasteiger partial charge in [-0.2, -0.15) is 0 Å². The first kappa shape index (κ1) is 18.7. The van der Waals surface area contributed by atoms with Crippen LogP contribution in [0.1, 0.15) is 43.5 Å². The van der Waals surface area contributed by atoms with E-state index < -0.39 is 0 Å². The quantitative estimate of drug-likeness (QED) is 0.644. The molecule has 1 unspecified atom stereocenters. The number of carbonyl (C=O) groups excluding carboxylic acids is 1. The van der Waals surface area contributed by atoms with E-state index in [1.165, 1.54) is 5.52 Å². The lowest BCUT2D eigenvalue weighted by Gasteiger charge is -2.34. The number of carbonyl (C=O) groups is 1. The summed E-state index contributed by atoms with van der Waals surface area (Å²) in [5.74, 6) is 1.95. The summed E-state index contributed by atoms with van der Waals surface area (Å²) in [7, 11) is 0. The van der Waals surface area contributed by atoms with E-state index in [9.17, 15) is 4.79 Å². The number of hydrogen-bond donors (Lipinski definition) is 0. The van der Waals surface area contributed by atoms with Gasteiger partial charge in [0.05, 0.1) is 17.0 Å². The van der Waals surface area contributed by atoms with Crippen LogP contribution in [0.15, 0.2) is 54.6 Å². The number of nitrogens with zero attached hydrogens (tertiary/aromatic N) is 3. The Morgan fingerprint density at radius 2 is 1.75 bits per heavy atom. The Morgan fingerprint density at radius 1 is 1.07 bits per heavy atom. The average molecular weight is 376 g/mol. The third kappa shape index (κ3) is 3.68. The minimum Gasteiger partial charge on any atom is -0.342 e. The van der Waals surface area contributed by atoms with E-state index in [4.69, 9.17) is 0 Å². The summed E-state index contributed by atoms with van der Waals surface area (Å²) in [4.78, 5) is 19.9. The predicted molar refractivity (Wildman–Crippen MR) is 113 cm³/mol. The summed E-state index contributed by atoms with van der Waals surface area (Å²) >= 11 is 0. The summed E-state index contributed by atoms with van der Waals surface area (Å²) in [6.07, 6.45) is 2.97. The first-order valence-corrected chi connectivity index (χ1v) is 10.4. The number of imidazole rings is 1. The Bertz CT molecular complexity index is 939. The van der Waals surface area contributed by atoms with E-state index in [2.05, 4.69) is 58.6 Å². The molecule has 0 N–H and O–H groups in total. The zero-order valence-electron chi connectivity index (χ0n) is 16.8. The molecule has 4 rings (SSSR count). The van der Waals surface area contributed by atoms with Crippen LogP contribution in [-0.2, 0) is 11.3 Å². The van der Waals surface area contributed by atoms with Crippen LogP contribution < -0.4 is 0 Å². The van der Waals surface area contributed by atoms with Crippen LogP contribution in [0.25, 0.3) is 11.0 Å². The van der Waals surface area contributed by atoms with E-state index in [0.717, 1.165) is 55.8 Å². The van der Waals surface area contributed by atoms with Gasteiger partial charge >= 0.3 is 0 Å². The molecule has 0 radical (unpaired) electrons. The number of rotatable bonds is 5. The normalized spacial score (nSPS) is 16.4. The largest absolute Gasteiger partial charge is 0.342 e. The van der Waals surface area contributed by atoms with Gasteiger partial charge in [-0.25, -0.2) is 4.98 Å². The number of piperidine rings is 1. The third-order valence-corrected chi connectivity index (χ3v) is 6.12. The lowest BCUT2D eigenvalue weighted by molar-refractivity contribution is -0.134. The van der Waals surface area contributed by atoms with Crippen molar-refractivity contribution in [1.29, 1.82) is 0 Å². The lowest BCUT2D eigenvalue weighted by atomic mass is 9.92. The van der Waals surface area contributed by atoms with E-state index >= 15 is 0 Å². The predicted octanol–water partition coefficient (Wildman–Crippen LogP) is 4.78. The molecule has 0 bridgehead atoms. The van der Waals surface area contributed by atoms with Gasteiger partial charge in [-0.15, -0.1) is 0 Å². The van der Waals surface area contributed by atoms with Gasteiger partial charge in [-0.3, -0.25) is 4.79 Å². The monoisotopic (exact) mass is 375 g/mol. The molecule has 0 aliphatic carbocycles. The second-order valence-electron chi connectivity index (χ2n) is 7.90. The zero-order chi connectivity index (χ0) is 19.5. The minimum absolute atomic E-state index is 0.0161. The van der Waals surface area contributed by atoms with Gasteiger partial charge in [0, 0.05) is 19.6 Å². The molecule has 1 atom stereocenters. The highest BCUT2D eigenvalue weighted by Crippen LogP contribution is 2.27. The minimum atomic E-state index is -0.0161. The van der Waals surface area contributed by atoms with Crippen molar-refractivity contribution in [1.82, 2.24) is 14.5 Å². The Morgan fingerprint density at radius 3 is 2.46 bits per heavy atom. The number of amides is 1. The van der Waals surface area contributed by atoms with Gasteiger partial charge in [-0.05, 0) is 49.8 Å². The number of aromatic nitrogens is 2. The molecule has 4 nitrogen and oxygen atoms in total. The summed E-state index contributed by atoms with van der Waals surface area (Å²) in [6, 6.07) is 18.6. The number of para-hydroxylation sites is 2. The van der Waals surface area contributed by atoms with Crippen LogP contribution in [0.3, 0.4) is 0 Å². The van der Waals surface area contributed by atoms with Crippen molar-refractivity contribution < 1.29 is 4.79 Å². The molecule has 1 aliphatic heterocycles. The van der Waals surface area contributed by atoms with Crippen molar-refractivity contribution in [3.63, 3.8) is 0 Å². The smallest absolute Gasteiger partial charge is 0.230 e. The van der Waals surface area contributed by atoms with E-state index in [1.54, 1.807) is 0 Å².